The molecule has 5 nitrogen and oxygen atoms in total. The summed E-state index contributed by atoms with van der Waals surface area (Å²) in [5.41, 5.74) is -0.114. The molecule has 0 spiro atoms. The summed E-state index contributed by atoms with van der Waals surface area (Å²) in [5.74, 6) is -0.268. The number of nitro groups is 1. The molecule has 0 aliphatic carbocycles. The summed E-state index contributed by atoms with van der Waals surface area (Å²) in [6.07, 6.45) is -1.05. The molecule has 2 rings (SSSR count). The van der Waals surface area contributed by atoms with Crippen LogP contribution in [-0.2, 0) is 0 Å². The molecule has 2 aromatic carbocycles. The normalized spacial score (nSPS) is 11.9. The van der Waals surface area contributed by atoms with E-state index in [1.165, 1.54) is 49.4 Å². The molecule has 104 valence electrons. The van der Waals surface area contributed by atoms with E-state index in [0.29, 0.717) is 0 Å². The molecule has 0 heterocycles. The summed E-state index contributed by atoms with van der Waals surface area (Å²) in [7, 11) is 0. The van der Waals surface area contributed by atoms with Crippen LogP contribution in [0, 0.1) is 15.9 Å². The van der Waals surface area contributed by atoms with Crippen LogP contribution in [0.25, 0.3) is 0 Å². The fourth-order valence-corrected chi connectivity index (χ4v) is 1.80. The standard InChI is InChI=1S/C14H12FNO4/c1-9(17)14-12(15)6-3-7-13(14)20-11-5-2-4-10(8-11)16(18)19/h2-9,17H,1H3/t9-/m1/s1. The van der Waals surface area contributed by atoms with Crippen molar-refractivity contribution in [1.29, 1.82) is 0 Å². The lowest BCUT2D eigenvalue weighted by Crippen LogP contribution is -2.00. The van der Waals surface area contributed by atoms with Crippen molar-refractivity contribution in [2.45, 2.75) is 13.0 Å². The van der Waals surface area contributed by atoms with E-state index in [0.717, 1.165) is 0 Å². The van der Waals surface area contributed by atoms with E-state index in [4.69, 9.17) is 4.74 Å². The number of hydrogen-bond donors (Lipinski definition) is 1. The molecular formula is C14H12FNO4. The maximum atomic E-state index is 13.7. The second kappa shape index (κ2) is 5.66. The lowest BCUT2D eigenvalue weighted by molar-refractivity contribution is -0.384. The summed E-state index contributed by atoms with van der Waals surface area (Å²) in [4.78, 5) is 10.1. The number of aliphatic hydroxyl groups is 1. The van der Waals surface area contributed by atoms with Gasteiger partial charge in [0.1, 0.15) is 17.3 Å². The van der Waals surface area contributed by atoms with Gasteiger partial charge in [-0.15, -0.1) is 0 Å². The summed E-state index contributed by atoms with van der Waals surface area (Å²) < 4.78 is 19.1. The van der Waals surface area contributed by atoms with Gasteiger partial charge < -0.3 is 9.84 Å². The average Bonchev–Trinajstić information content (AvgIpc) is 2.38. The average molecular weight is 277 g/mol. The molecule has 0 fully saturated rings. The Morgan fingerprint density at radius 2 is 2.00 bits per heavy atom. The van der Waals surface area contributed by atoms with Gasteiger partial charge in [-0.3, -0.25) is 10.1 Å². The van der Waals surface area contributed by atoms with Crippen molar-refractivity contribution < 1.29 is 19.2 Å². The van der Waals surface area contributed by atoms with Crippen LogP contribution < -0.4 is 4.74 Å². The Morgan fingerprint density at radius 3 is 2.65 bits per heavy atom. The first kappa shape index (κ1) is 14.0. The Morgan fingerprint density at radius 1 is 1.30 bits per heavy atom. The number of nitro benzene ring substituents is 1. The molecule has 0 radical (unpaired) electrons. The fourth-order valence-electron chi connectivity index (χ4n) is 1.80. The predicted octanol–water partition coefficient (Wildman–Crippen LogP) is 3.58. The first-order chi connectivity index (χ1) is 9.49. The first-order valence-corrected chi connectivity index (χ1v) is 5.88. The highest BCUT2D eigenvalue weighted by molar-refractivity contribution is 5.43. The minimum atomic E-state index is -1.05. The van der Waals surface area contributed by atoms with E-state index in [2.05, 4.69) is 0 Å². The Balaban J connectivity index is 2.37. The number of non-ortho nitro benzene ring substituents is 1. The Hall–Kier alpha value is -2.47. The zero-order chi connectivity index (χ0) is 14.7. The molecule has 1 N–H and O–H groups in total. The van der Waals surface area contributed by atoms with Crippen molar-refractivity contribution >= 4 is 5.69 Å². The Kier molecular flexibility index (Phi) is 3.95. The molecular weight excluding hydrogens is 265 g/mol. The van der Waals surface area contributed by atoms with E-state index in [1.807, 2.05) is 0 Å². The quantitative estimate of drug-likeness (QED) is 0.684. The van der Waals surface area contributed by atoms with E-state index in [-0.39, 0.29) is 22.7 Å². The van der Waals surface area contributed by atoms with Crippen molar-refractivity contribution in [3.8, 4) is 11.5 Å². The number of aliphatic hydroxyl groups excluding tert-OH is 1. The van der Waals surface area contributed by atoms with Gasteiger partial charge in [0.25, 0.3) is 5.69 Å². The number of benzene rings is 2. The molecule has 0 amide bonds. The zero-order valence-corrected chi connectivity index (χ0v) is 10.6. The van der Waals surface area contributed by atoms with Gasteiger partial charge in [0, 0.05) is 6.07 Å². The highest BCUT2D eigenvalue weighted by Gasteiger charge is 2.16. The van der Waals surface area contributed by atoms with Crippen molar-refractivity contribution in [1.82, 2.24) is 0 Å². The molecule has 20 heavy (non-hydrogen) atoms. The lowest BCUT2D eigenvalue weighted by atomic mass is 10.1. The van der Waals surface area contributed by atoms with Crippen molar-refractivity contribution in [3.05, 3.63) is 64.0 Å². The molecule has 0 bridgehead atoms. The van der Waals surface area contributed by atoms with Crippen LogP contribution in [0.5, 0.6) is 11.5 Å². The van der Waals surface area contributed by atoms with E-state index in [1.54, 1.807) is 0 Å². The highest BCUT2D eigenvalue weighted by Crippen LogP contribution is 2.32. The van der Waals surface area contributed by atoms with Crippen molar-refractivity contribution in [2.75, 3.05) is 0 Å². The third-order valence-corrected chi connectivity index (χ3v) is 2.69. The third-order valence-electron chi connectivity index (χ3n) is 2.69. The van der Waals surface area contributed by atoms with E-state index < -0.39 is 16.8 Å². The number of nitrogens with zero attached hydrogens (tertiary/aromatic N) is 1. The van der Waals surface area contributed by atoms with Crippen LogP contribution in [0.4, 0.5) is 10.1 Å². The van der Waals surface area contributed by atoms with Gasteiger partial charge in [0.05, 0.1) is 22.7 Å². The third kappa shape index (κ3) is 2.92. The van der Waals surface area contributed by atoms with Crippen LogP contribution in [0.2, 0.25) is 0 Å². The van der Waals surface area contributed by atoms with Crippen LogP contribution in [0.15, 0.2) is 42.5 Å². The number of hydrogen-bond acceptors (Lipinski definition) is 4. The van der Waals surface area contributed by atoms with Gasteiger partial charge in [-0.25, -0.2) is 4.39 Å². The number of halogens is 1. The minimum absolute atomic E-state index is 0.0130. The van der Waals surface area contributed by atoms with Crippen LogP contribution in [-0.4, -0.2) is 10.0 Å². The summed E-state index contributed by atoms with van der Waals surface area (Å²) in [6.45, 7) is 1.42. The lowest BCUT2D eigenvalue weighted by Gasteiger charge is -2.13. The van der Waals surface area contributed by atoms with E-state index in [9.17, 15) is 19.6 Å². The van der Waals surface area contributed by atoms with Gasteiger partial charge in [-0.2, -0.15) is 0 Å². The van der Waals surface area contributed by atoms with Gasteiger partial charge in [0.2, 0.25) is 0 Å². The predicted molar refractivity (Wildman–Crippen MR) is 70.2 cm³/mol. The molecule has 0 saturated heterocycles. The second-order valence-corrected chi connectivity index (χ2v) is 4.18. The van der Waals surface area contributed by atoms with Crippen LogP contribution >= 0.6 is 0 Å². The Bertz CT molecular complexity index is 643. The largest absolute Gasteiger partial charge is 0.457 e. The smallest absolute Gasteiger partial charge is 0.273 e. The van der Waals surface area contributed by atoms with Gasteiger partial charge in [-0.05, 0) is 25.1 Å². The molecule has 2 aromatic rings. The maximum Gasteiger partial charge on any atom is 0.273 e. The van der Waals surface area contributed by atoms with Crippen molar-refractivity contribution in [2.24, 2.45) is 0 Å². The van der Waals surface area contributed by atoms with Gasteiger partial charge in [0.15, 0.2) is 0 Å². The topological polar surface area (TPSA) is 72.6 Å². The fraction of sp³-hybridized carbons (Fsp3) is 0.143. The maximum absolute atomic E-state index is 13.7. The second-order valence-electron chi connectivity index (χ2n) is 4.18. The summed E-state index contributed by atoms with van der Waals surface area (Å²) in [5, 5.41) is 20.3. The zero-order valence-electron chi connectivity index (χ0n) is 10.6. The number of ether oxygens (including phenoxy) is 1. The van der Waals surface area contributed by atoms with Crippen molar-refractivity contribution in [3.63, 3.8) is 0 Å². The molecule has 0 aliphatic rings. The van der Waals surface area contributed by atoms with Gasteiger partial charge in [-0.1, -0.05) is 12.1 Å². The SMILES string of the molecule is C[C@@H](O)c1c(F)cccc1Oc1cccc([N+](=O)[O-])c1. The Labute approximate surface area is 114 Å². The molecule has 1 atom stereocenters. The molecule has 6 heteroatoms. The molecule has 0 unspecified atom stereocenters. The first-order valence-electron chi connectivity index (χ1n) is 5.88. The monoisotopic (exact) mass is 277 g/mol. The molecule has 0 aliphatic heterocycles. The molecule has 0 saturated carbocycles. The molecule has 0 aromatic heterocycles. The summed E-state index contributed by atoms with van der Waals surface area (Å²) in [6, 6.07) is 9.68. The highest BCUT2D eigenvalue weighted by atomic mass is 19.1. The van der Waals surface area contributed by atoms with Crippen LogP contribution in [0.1, 0.15) is 18.6 Å². The van der Waals surface area contributed by atoms with E-state index >= 15 is 0 Å². The minimum Gasteiger partial charge on any atom is -0.457 e. The number of rotatable bonds is 4. The van der Waals surface area contributed by atoms with Gasteiger partial charge >= 0.3 is 0 Å². The van der Waals surface area contributed by atoms with Crippen LogP contribution in [0.3, 0.4) is 0 Å². The summed E-state index contributed by atoms with van der Waals surface area (Å²) >= 11 is 0.